The van der Waals surface area contributed by atoms with Gasteiger partial charge in [0, 0.05) is 13.0 Å². The van der Waals surface area contributed by atoms with Crippen LogP contribution in [0.2, 0.25) is 0 Å². The van der Waals surface area contributed by atoms with Gasteiger partial charge in [0.2, 0.25) is 5.91 Å². The van der Waals surface area contributed by atoms with Crippen molar-refractivity contribution in [3.8, 4) is 0 Å². The van der Waals surface area contributed by atoms with Crippen LogP contribution < -0.4 is 5.32 Å². The van der Waals surface area contributed by atoms with Gasteiger partial charge in [0.05, 0.1) is 6.54 Å². The van der Waals surface area contributed by atoms with Crippen molar-refractivity contribution < 1.29 is 19.1 Å². The van der Waals surface area contributed by atoms with Gasteiger partial charge in [-0.1, -0.05) is 13.3 Å². The number of hydrogen-bond acceptors (Lipinski definition) is 4. The minimum atomic E-state index is -0.371. The molecular weight excluding hydrogens is 260 g/mol. The Hall–Kier alpha value is -1.59. The predicted octanol–water partition coefficient (Wildman–Crippen LogP) is 1.44. The van der Waals surface area contributed by atoms with Crippen molar-refractivity contribution in [2.45, 2.75) is 51.6 Å². The lowest BCUT2D eigenvalue weighted by Crippen LogP contribution is -2.32. The molecule has 0 spiro atoms. The lowest BCUT2D eigenvalue weighted by Gasteiger charge is -2.26. The molecule has 112 valence electrons. The highest BCUT2D eigenvalue weighted by Crippen LogP contribution is 2.26. The molecule has 1 saturated carbocycles. The van der Waals surface area contributed by atoms with Crippen molar-refractivity contribution in [1.82, 2.24) is 10.2 Å². The van der Waals surface area contributed by atoms with Crippen molar-refractivity contribution in [2.24, 2.45) is 5.92 Å². The van der Waals surface area contributed by atoms with E-state index in [0.29, 0.717) is 12.3 Å². The van der Waals surface area contributed by atoms with E-state index in [1.165, 1.54) is 6.42 Å². The lowest BCUT2D eigenvalue weighted by atomic mass is 9.89. The Labute approximate surface area is 118 Å². The van der Waals surface area contributed by atoms with E-state index in [2.05, 4.69) is 12.2 Å². The van der Waals surface area contributed by atoms with Crippen molar-refractivity contribution in [1.29, 1.82) is 0 Å². The van der Waals surface area contributed by atoms with Gasteiger partial charge in [0.1, 0.15) is 6.10 Å². The number of carbonyl (C=O) groups is 3. The number of nitrogens with one attached hydrogen (secondary N) is 1. The number of imide groups is 1. The van der Waals surface area contributed by atoms with Crippen LogP contribution in [-0.2, 0) is 14.3 Å². The quantitative estimate of drug-likeness (QED) is 0.611. The van der Waals surface area contributed by atoms with Crippen LogP contribution in [0, 0.1) is 5.92 Å². The summed E-state index contributed by atoms with van der Waals surface area (Å²) < 4.78 is 5.44. The third-order valence-corrected chi connectivity index (χ3v) is 3.89. The Morgan fingerprint density at radius 2 is 2.20 bits per heavy atom. The lowest BCUT2D eigenvalue weighted by molar-refractivity contribution is -0.151. The molecule has 6 heteroatoms. The summed E-state index contributed by atoms with van der Waals surface area (Å²) >= 11 is 0. The minimum absolute atomic E-state index is 0.0444. The smallest absolute Gasteiger partial charge is 0.324 e. The third-order valence-electron chi connectivity index (χ3n) is 3.89. The molecule has 3 amide bonds. The summed E-state index contributed by atoms with van der Waals surface area (Å²) in [4.78, 5) is 35.5. The molecule has 1 saturated heterocycles. The van der Waals surface area contributed by atoms with E-state index < -0.39 is 0 Å². The van der Waals surface area contributed by atoms with Crippen LogP contribution in [0.1, 0.15) is 45.4 Å². The van der Waals surface area contributed by atoms with E-state index >= 15 is 0 Å². The monoisotopic (exact) mass is 282 g/mol. The first kappa shape index (κ1) is 14.8. The first-order valence-corrected chi connectivity index (χ1v) is 7.34. The van der Waals surface area contributed by atoms with Crippen LogP contribution in [0.5, 0.6) is 0 Å². The van der Waals surface area contributed by atoms with Crippen molar-refractivity contribution in [3.05, 3.63) is 0 Å². The van der Waals surface area contributed by atoms with Gasteiger partial charge in [-0.3, -0.25) is 14.5 Å². The van der Waals surface area contributed by atoms with E-state index in [1.807, 2.05) is 0 Å². The maximum atomic E-state index is 11.7. The van der Waals surface area contributed by atoms with Crippen molar-refractivity contribution in [3.63, 3.8) is 0 Å². The molecule has 1 aliphatic carbocycles. The van der Waals surface area contributed by atoms with E-state index in [-0.39, 0.29) is 43.5 Å². The Kier molecular flexibility index (Phi) is 4.98. The van der Waals surface area contributed by atoms with Gasteiger partial charge < -0.3 is 10.1 Å². The molecule has 0 aromatic rings. The zero-order chi connectivity index (χ0) is 14.5. The van der Waals surface area contributed by atoms with Gasteiger partial charge in [-0.2, -0.15) is 0 Å². The second-order valence-corrected chi connectivity index (χ2v) is 5.69. The second kappa shape index (κ2) is 6.72. The number of rotatable bonds is 5. The van der Waals surface area contributed by atoms with Crippen LogP contribution in [0.3, 0.4) is 0 Å². The first-order chi connectivity index (χ1) is 9.56. The summed E-state index contributed by atoms with van der Waals surface area (Å²) in [6.45, 7) is 2.52. The zero-order valence-corrected chi connectivity index (χ0v) is 11.9. The van der Waals surface area contributed by atoms with E-state index in [4.69, 9.17) is 4.74 Å². The largest absolute Gasteiger partial charge is 0.462 e. The Morgan fingerprint density at radius 1 is 1.40 bits per heavy atom. The summed E-state index contributed by atoms with van der Waals surface area (Å²) in [7, 11) is 0. The maximum absolute atomic E-state index is 11.7. The number of ether oxygens (including phenoxy) is 1. The Bertz CT molecular complexity index is 381. The highest BCUT2D eigenvalue weighted by atomic mass is 16.5. The first-order valence-electron chi connectivity index (χ1n) is 7.34. The molecule has 1 N–H and O–H groups in total. The molecule has 0 bridgehead atoms. The molecule has 0 radical (unpaired) electrons. The van der Waals surface area contributed by atoms with Gasteiger partial charge >= 0.3 is 12.0 Å². The minimum Gasteiger partial charge on any atom is -0.462 e. The topological polar surface area (TPSA) is 75.7 Å². The maximum Gasteiger partial charge on any atom is 0.324 e. The molecule has 2 rings (SSSR count). The molecule has 2 aliphatic rings. The molecule has 6 nitrogen and oxygen atoms in total. The summed E-state index contributed by atoms with van der Waals surface area (Å²) in [6, 6.07) is -0.371. The number of esters is 1. The van der Waals surface area contributed by atoms with Crippen LogP contribution in [0.15, 0.2) is 0 Å². The van der Waals surface area contributed by atoms with Gasteiger partial charge in [-0.15, -0.1) is 0 Å². The summed E-state index contributed by atoms with van der Waals surface area (Å²) in [5.74, 6) is 0.160. The third kappa shape index (κ3) is 3.95. The molecule has 2 fully saturated rings. The normalized spacial score (nSPS) is 26.6. The van der Waals surface area contributed by atoms with Crippen LogP contribution in [0.25, 0.3) is 0 Å². The molecular formula is C14H22N2O4. The van der Waals surface area contributed by atoms with Crippen LogP contribution in [0.4, 0.5) is 4.79 Å². The molecule has 1 aliphatic heterocycles. The van der Waals surface area contributed by atoms with E-state index in [0.717, 1.165) is 24.2 Å². The molecule has 0 aromatic carbocycles. The van der Waals surface area contributed by atoms with E-state index in [1.54, 1.807) is 0 Å². The van der Waals surface area contributed by atoms with E-state index in [9.17, 15) is 14.4 Å². The highest BCUT2D eigenvalue weighted by Gasteiger charge is 2.28. The summed E-state index contributed by atoms with van der Waals surface area (Å²) in [6.07, 6.45) is 4.97. The summed E-state index contributed by atoms with van der Waals surface area (Å²) in [5.41, 5.74) is 0. The van der Waals surface area contributed by atoms with Gasteiger partial charge in [-0.05, 0) is 31.6 Å². The number of carbonyl (C=O) groups excluding carboxylic acids is 3. The molecule has 2 atom stereocenters. The second-order valence-electron chi connectivity index (χ2n) is 5.69. The van der Waals surface area contributed by atoms with Crippen LogP contribution >= 0.6 is 0 Å². The SMILES string of the molecule is C[C@@H]1CCC[C@@H](OC(=O)CCCN2C(=O)CNC2=O)C1. The number of urea groups is 1. The zero-order valence-electron chi connectivity index (χ0n) is 11.9. The molecule has 0 unspecified atom stereocenters. The van der Waals surface area contributed by atoms with Crippen LogP contribution in [-0.4, -0.2) is 42.0 Å². The Balaban J connectivity index is 1.65. The highest BCUT2D eigenvalue weighted by molar-refractivity contribution is 6.01. The molecule has 0 aromatic heterocycles. The number of amides is 3. The predicted molar refractivity (Wildman–Crippen MR) is 71.9 cm³/mol. The Morgan fingerprint density at radius 3 is 2.85 bits per heavy atom. The fraction of sp³-hybridized carbons (Fsp3) is 0.786. The fourth-order valence-electron chi connectivity index (χ4n) is 2.79. The van der Waals surface area contributed by atoms with Gasteiger partial charge in [0.25, 0.3) is 0 Å². The fourth-order valence-corrected chi connectivity index (χ4v) is 2.79. The molecule has 20 heavy (non-hydrogen) atoms. The molecule has 1 heterocycles. The van der Waals surface area contributed by atoms with Gasteiger partial charge in [-0.25, -0.2) is 4.79 Å². The van der Waals surface area contributed by atoms with Gasteiger partial charge in [0.15, 0.2) is 0 Å². The number of hydrogen-bond donors (Lipinski definition) is 1. The summed E-state index contributed by atoms with van der Waals surface area (Å²) in [5, 5.41) is 2.45. The average molecular weight is 282 g/mol. The van der Waals surface area contributed by atoms with Crippen molar-refractivity contribution >= 4 is 17.9 Å². The van der Waals surface area contributed by atoms with Crippen molar-refractivity contribution in [2.75, 3.05) is 13.1 Å². The number of nitrogens with zero attached hydrogens (tertiary/aromatic N) is 1. The average Bonchev–Trinajstić information content (AvgIpc) is 2.70. The standard InChI is InChI=1S/C14H22N2O4/c1-10-4-2-5-11(8-10)20-13(18)6-3-7-16-12(17)9-15-14(16)19/h10-11H,2-9H2,1H3,(H,15,19)/t10-,11-/m1/s1.